The average Bonchev–Trinajstić information content (AvgIpc) is 2.56. The van der Waals surface area contributed by atoms with Crippen LogP contribution in [-0.4, -0.2) is 25.2 Å². The van der Waals surface area contributed by atoms with Crippen molar-refractivity contribution < 1.29 is 14.3 Å². The Labute approximate surface area is 123 Å². The molecule has 1 aliphatic rings. The number of carbonyl (C=O) groups excluding carboxylic acids is 1. The van der Waals surface area contributed by atoms with Crippen LogP contribution >= 0.6 is 0 Å². The zero-order valence-electron chi connectivity index (χ0n) is 11.6. The van der Waals surface area contributed by atoms with Crippen molar-refractivity contribution >= 4 is 5.78 Å². The molecule has 0 radical (unpaired) electrons. The zero-order chi connectivity index (χ0) is 14.5. The number of para-hydroxylation sites is 2. The predicted octanol–water partition coefficient (Wildman–Crippen LogP) is 3.00. The summed E-state index contributed by atoms with van der Waals surface area (Å²) in [6.45, 7) is 1.39. The largest absolute Gasteiger partial charge is 0.457 e. The standard InChI is InChI=1S/C17H17NO3/c19-16(17-18-11-6-12-20-17)14-9-4-5-10-15(14)21-13-7-2-1-3-8-13/h1-5,7-10,17-18H,6,11-12H2. The van der Waals surface area contributed by atoms with Crippen molar-refractivity contribution in [2.45, 2.75) is 12.6 Å². The van der Waals surface area contributed by atoms with E-state index in [4.69, 9.17) is 9.47 Å². The minimum Gasteiger partial charge on any atom is -0.457 e. The molecule has 4 nitrogen and oxygen atoms in total. The van der Waals surface area contributed by atoms with Crippen LogP contribution in [0, 0.1) is 0 Å². The Hall–Kier alpha value is -2.17. The van der Waals surface area contributed by atoms with E-state index in [1.807, 2.05) is 42.5 Å². The number of ketones is 1. The number of hydrogen-bond acceptors (Lipinski definition) is 4. The molecule has 0 aromatic heterocycles. The summed E-state index contributed by atoms with van der Waals surface area (Å²) in [6.07, 6.45) is 0.339. The molecule has 1 fully saturated rings. The highest BCUT2D eigenvalue weighted by atomic mass is 16.5. The van der Waals surface area contributed by atoms with Crippen molar-refractivity contribution in [3.63, 3.8) is 0 Å². The second kappa shape index (κ2) is 6.52. The number of rotatable bonds is 4. The average molecular weight is 283 g/mol. The lowest BCUT2D eigenvalue weighted by atomic mass is 10.1. The Morgan fingerprint density at radius 2 is 1.86 bits per heavy atom. The van der Waals surface area contributed by atoms with Crippen LogP contribution in [0.1, 0.15) is 16.8 Å². The molecule has 2 aromatic rings. The first-order valence-electron chi connectivity index (χ1n) is 7.06. The van der Waals surface area contributed by atoms with Gasteiger partial charge in [0.1, 0.15) is 11.5 Å². The van der Waals surface area contributed by atoms with Gasteiger partial charge < -0.3 is 9.47 Å². The maximum atomic E-state index is 12.5. The van der Waals surface area contributed by atoms with Gasteiger partial charge in [0.25, 0.3) is 0 Å². The minimum atomic E-state index is -0.584. The Balaban J connectivity index is 1.83. The van der Waals surface area contributed by atoms with E-state index in [1.54, 1.807) is 12.1 Å². The predicted molar refractivity (Wildman–Crippen MR) is 79.6 cm³/mol. The Bertz CT molecular complexity index is 606. The third-order valence-electron chi connectivity index (χ3n) is 3.30. The molecule has 1 aliphatic heterocycles. The molecular formula is C17H17NO3. The van der Waals surface area contributed by atoms with Gasteiger partial charge in [0.2, 0.25) is 5.78 Å². The van der Waals surface area contributed by atoms with E-state index in [2.05, 4.69) is 5.32 Å². The summed E-state index contributed by atoms with van der Waals surface area (Å²) in [5.74, 6) is 1.15. The molecular weight excluding hydrogens is 266 g/mol. The maximum Gasteiger partial charge on any atom is 0.210 e. The van der Waals surface area contributed by atoms with E-state index in [-0.39, 0.29) is 5.78 Å². The zero-order valence-corrected chi connectivity index (χ0v) is 11.6. The summed E-state index contributed by atoms with van der Waals surface area (Å²) in [5, 5.41) is 3.08. The van der Waals surface area contributed by atoms with Gasteiger partial charge in [0.15, 0.2) is 6.23 Å². The number of Topliss-reactive ketones (excluding diaryl/α,β-unsaturated/α-hetero) is 1. The number of carbonyl (C=O) groups is 1. The van der Waals surface area contributed by atoms with Crippen molar-refractivity contribution in [3.05, 3.63) is 60.2 Å². The first-order valence-corrected chi connectivity index (χ1v) is 7.06. The van der Waals surface area contributed by atoms with Crippen LogP contribution in [-0.2, 0) is 4.74 Å². The Morgan fingerprint density at radius 3 is 2.62 bits per heavy atom. The molecule has 4 heteroatoms. The highest BCUT2D eigenvalue weighted by Crippen LogP contribution is 2.26. The molecule has 0 amide bonds. The fraction of sp³-hybridized carbons (Fsp3) is 0.235. The second-order valence-electron chi connectivity index (χ2n) is 4.83. The fourth-order valence-electron chi connectivity index (χ4n) is 2.25. The molecule has 108 valence electrons. The molecule has 2 aromatic carbocycles. The molecule has 1 N–H and O–H groups in total. The Morgan fingerprint density at radius 1 is 1.10 bits per heavy atom. The van der Waals surface area contributed by atoms with Crippen LogP contribution in [0.15, 0.2) is 54.6 Å². The van der Waals surface area contributed by atoms with Gasteiger partial charge >= 0.3 is 0 Å². The van der Waals surface area contributed by atoms with Crippen molar-refractivity contribution in [1.82, 2.24) is 5.32 Å². The maximum absolute atomic E-state index is 12.5. The van der Waals surface area contributed by atoms with E-state index >= 15 is 0 Å². The first kappa shape index (κ1) is 13.8. The van der Waals surface area contributed by atoms with Crippen LogP contribution in [0.5, 0.6) is 11.5 Å². The molecule has 0 aliphatic carbocycles. The molecule has 3 rings (SSSR count). The lowest BCUT2D eigenvalue weighted by Crippen LogP contribution is -2.44. The molecule has 0 saturated carbocycles. The smallest absolute Gasteiger partial charge is 0.210 e. The normalized spacial score (nSPS) is 18.2. The lowest BCUT2D eigenvalue weighted by molar-refractivity contribution is 0.00809. The van der Waals surface area contributed by atoms with E-state index in [9.17, 15) is 4.79 Å². The van der Waals surface area contributed by atoms with Crippen molar-refractivity contribution in [2.75, 3.05) is 13.2 Å². The van der Waals surface area contributed by atoms with E-state index < -0.39 is 6.23 Å². The SMILES string of the molecule is O=C(c1ccccc1Oc1ccccc1)C1NCCCO1. The Kier molecular flexibility index (Phi) is 4.28. The summed E-state index contributed by atoms with van der Waals surface area (Å²) < 4.78 is 11.3. The van der Waals surface area contributed by atoms with E-state index in [0.717, 1.165) is 13.0 Å². The lowest BCUT2D eigenvalue weighted by Gasteiger charge is -2.23. The molecule has 0 spiro atoms. The van der Waals surface area contributed by atoms with Gasteiger partial charge in [0.05, 0.1) is 12.2 Å². The van der Waals surface area contributed by atoms with Crippen LogP contribution in [0.4, 0.5) is 0 Å². The van der Waals surface area contributed by atoms with Gasteiger partial charge in [0, 0.05) is 6.54 Å². The highest BCUT2D eigenvalue weighted by Gasteiger charge is 2.25. The van der Waals surface area contributed by atoms with Gasteiger partial charge in [-0.15, -0.1) is 0 Å². The van der Waals surface area contributed by atoms with Crippen molar-refractivity contribution in [2.24, 2.45) is 0 Å². The van der Waals surface area contributed by atoms with Gasteiger partial charge in [-0.3, -0.25) is 10.1 Å². The number of hydrogen-bond donors (Lipinski definition) is 1. The van der Waals surface area contributed by atoms with Crippen LogP contribution in [0.3, 0.4) is 0 Å². The van der Waals surface area contributed by atoms with Crippen LogP contribution in [0.2, 0.25) is 0 Å². The van der Waals surface area contributed by atoms with Crippen LogP contribution < -0.4 is 10.1 Å². The third-order valence-corrected chi connectivity index (χ3v) is 3.30. The summed E-state index contributed by atoms with van der Waals surface area (Å²) >= 11 is 0. The molecule has 1 heterocycles. The number of ether oxygens (including phenoxy) is 2. The molecule has 1 saturated heterocycles. The highest BCUT2D eigenvalue weighted by molar-refractivity contribution is 6.01. The van der Waals surface area contributed by atoms with Gasteiger partial charge in [-0.1, -0.05) is 30.3 Å². The summed E-state index contributed by atoms with van der Waals surface area (Å²) in [5.41, 5.74) is 0.528. The summed E-state index contributed by atoms with van der Waals surface area (Å²) in [7, 11) is 0. The van der Waals surface area contributed by atoms with E-state index in [1.165, 1.54) is 0 Å². The number of nitrogens with one attached hydrogen (secondary N) is 1. The number of benzene rings is 2. The van der Waals surface area contributed by atoms with Crippen LogP contribution in [0.25, 0.3) is 0 Å². The molecule has 21 heavy (non-hydrogen) atoms. The van der Waals surface area contributed by atoms with Crippen molar-refractivity contribution in [1.29, 1.82) is 0 Å². The van der Waals surface area contributed by atoms with E-state index in [0.29, 0.717) is 23.7 Å². The summed E-state index contributed by atoms with van der Waals surface area (Å²) in [6, 6.07) is 16.7. The third kappa shape index (κ3) is 3.29. The van der Waals surface area contributed by atoms with Gasteiger partial charge in [-0.2, -0.15) is 0 Å². The first-order chi connectivity index (χ1) is 10.3. The minimum absolute atomic E-state index is 0.0961. The monoisotopic (exact) mass is 283 g/mol. The second-order valence-corrected chi connectivity index (χ2v) is 4.83. The topological polar surface area (TPSA) is 47.6 Å². The van der Waals surface area contributed by atoms with Gasteiger partial charge in [-0.05, 0) is 30.7 Å². The molecule has 1 unspecified atom stereocenters. The summed E-state index contributed by atoms with van der Waals surface area (Å²) in [4.78, 5) is 12.5. The molecule has 1 atom stereocenters. The quantitative estimate of drug-likeness (QED) is 0.876. The van der Waals surface area contributed by atoms with Gasteiger partial charge in [-0.25, -0.2) is 0 Å². The molecule has 0 bridgehead atoms. The fourth-order valence-corrected chi connectivity index (χ4v) is 2.25. The van der Waals surface area contributed by atoms with Crippen molar-refractivity contribution in [3.8, 4) is 11.5 Å².